The van der Waals surface area contributed by atoms with Gasteiger partial charge in [-0.15, -0.1) is 34.0 Å². The second-order valence-corrected chi connectivity index (χ2v) is 15.3. The van der Waals surface area contributed by atoms with E-state index in [0.717, 1.165) is 23.6 Å². The molecular formula is C34H53BrO2S3. The molecule has 2 nitrogen and oxygen atoms in total. The number of thiophene rings is 3. The standard InChI is InChI=1S/C34H53BrO2S3/c1-4-7-9-11-13-14-16-18-22-26(21-17-15-12-10-8-5-2)23-19-20-24-27-29-33(40-30(27)34(36)37-6-3)32-31(39-29)28(35)25-38-32/h25-26H,4-24H2,1-3H3. The van der Waals surface area contributed by atoms with Gasteiger partial charge in [-0.1, -0.05) is 129 Å². The Labute approximate surface area is 264 Å². The van der Waals surface area contributed by atoms with Crippen LogP contribution in [0.25, 0.3) is 18.8 Å². The van der Waals surface area contributed by atoms with Crippen molar-refractivity contribution in [2.75, 3.05) is 6.61 Å². The maximum atomic E-state index is 12.9. The fourth-order valence-electron chi connectivity index (χ4n) is 5.92. The van der Waals surface area contributed by atoms with Gasteiger partial charge in [-0.3, -0.25) is 0 Å². The lowest BCUT2D eigenvalue weighted by Gasteiger charge is -2.17. The molecule has 3 heterocycles. The topological polar surface area (TPSA) is 26.3 Å². The summed E-state index contributed by atoms with van der Waals surface area (Å²) in [6, 6.07) is 0. The van der Waals surface area contributed by atoms with Gasteiger partial charge in [0.05, 0.1) is 25.4 Å². The average molecular weight is 670 g/mol. The van der Waals surface area contributed by atoms with Crippen LogP contribution in [0.1, 0.15) is 158 Å². The Morgan fingerprint density at radius 3 is 1.82 bits per heavy atom. The summed E-state index contributed by atoms with van der Waals surface area (Å²) in [7, 11) is 0. The minimum atomic E-state index is -0.134. The number of rotatable bonds is 23. The predicted molar refractivity (Wildman–Crippen MR) is 185 cm³/mol. The number of carbonyl (C=O) groups is 1. The molecule has 0 aliphatic heterocycles. The molecule has 0 aromatic carbocycles. The van der Waals surface area contributed by atoms with Crippen LogP contribution in [0.4, 0.5) is 0 Å². The first-order chi connectivity index (χ1) is 19.6. The van der Waals surface area contributed by atoms with Crippen LogP contribution in [0.15, 0.2) is 9.85 Å². The maximum absolute atomic E-state index is 12.9. The second-order valence-electron chi connectivity index (χ2n) is 11.6. The number of aryl methyl sites for hydroxylation is 1. The number of hydrogen-bond donors (Lipinski definition) is 0. The molecular weight excluding hydrogens is 616 g/mol. The van der Waals surface area contributed by atoms with Gasteiger partial charge in [0.15, 0.2) is 0 Å². The van der Waals surface area contributed by atoms with Crippen molar-refractivity contribution in [2.45, 2.75) is 149 Å². The Bertz CT molecular complexity index is 1110. The van der Waals surface area contributed by atoms with Gasteiger partial charge in [-0.05, 0) is 47.2 Å². The summed E-state index contributed by atoms with van der Waals surface area (Å²) < 4.78 is 11.9. The van der Waals surface area contributed by atoms with E-state index in [1.165, 1.54) is 144 Å². The van der Waals surface area contributed by atoms with Crippen molar-refractivity contribution in [3.63, 3.8) is 0 Å². The zero-order valence-corrected chi connectivity index (χ0v) is 29.5. The van der Waals surface area contributed by atoms with Crippen molar-refractivity contribution in [1.82, 2.24) is 0 Å². The van der Waals surface area contributed by atoms with Crippen LogP contribution in [-0.2, 0) is 11.2 Å². The fraction of sp³-hybridized carbons (Fsp3) is 0.735. The number of carbonyl (C=O) groups excluding carboxylic acids is 1. The molecule has 0 amide bonds. The molecule has 0 radical (unpaired) electrons. The van der Waals surface area contributed by atoms with Crippen molar-refractivity contribution in [3.8, 4) is 0 Å². The van der Waals surface area contributed by atoms with Gasteiger partial charge < -0.3 is 4.74 Å². The molecule has 6 heteroatoms. The summed E-state index contributed by atoms with van der Waals surface area (Å²) in [6.07, 6.45) is 27.2. The summed E-state index contributed by atoms with van der Waals surface area (Å²) in [5.74, 6) is 0.742. The molecule has 0 saturated carbocycles. The predicted octanol–water partition coefficient (Wildman–Crippen LogP) is 13.7. The summed E-state index contributed by atoms with van der Waals surface area (Å²) in [5.41, 5.74) is 1.24. The smallest absolute Gasteiger partial charge is 0.348 e. The number of unbranched alkanes of at least 4 members (excludes halogenated alkanes) is 13. The first-order valence-electron chi connectivity index (χ1n) is 16.4. The lowest BCUT2D eigenvalue weighted by Crippen LogP contribution is -2.06. The van der Waals surface area contributed by atoms with Crippen LogP contribution < -0.4 is 0 Å². The molecule has 3 rings (SSSR count). The normalized spacial score (nSPS) is 12.6. The highest BCUT2D eigenvalue weighted by molar-refractivity contribution is 9.10. The highest BCUT2D eigenvalue weighted by atomic mass is 79.9. The fourth-order valence-corrected chi connectivity index (χ4v) is 10.8. The van der Waals surface area contributed by atoms with Crippen molar-refractivity contribution in [3.05, 3.63) is 20.3 Å². The Morgan fingerprint density at radius 2 is 1.25 bits per heavy atom. The third-order valence-electron chi connectivity index (χ3n) is 8.25. The van der Waals surface area contributed by atoms with Gasteiger partial charge in [-0.2, -0.15) is 0 Å². The van der Waals surface area contributed by atoms with E-state index < -0.39 is 0 Å². The van der Waals surface area contributed by atoms with Crippen molar-refractivity contribution in [1.29, 1.82) is 0 Å². The number of fused-ring (bicyclic) bond motifs is 3. The number of ether oxygens (including phenoxy) is 1. The van der Waals surface area contributed by atoms with E-state index in [4.69, 9.17) is 4.74 Å². The quantitative estimate of drug-likeness (QED) is 0.0742. The van der Waals surface area contributed by atoms with Gasteiger partial charge in [-0.25, -0.2) is 4.79 Å². The van der Waals surface area contributed by atoms with Gasteiger partial charge in [0.25, 0.3) is 0 Å². The highest BCUT2D eigenvalue weighted by Gasteiger charge is 2.24. The van der Waals surface area contributed by atoms with Gasteiger partial charge in [0, 0.05) is 9.85 Å². The summed E-state index contributed by atoms with van der Waals surface area (Å²) in [5, 5.41) is 2.17. The number of hydrogen-bond acceptors (Lipinski definition) is 5. The summed E-state index contributed by atoms with van der Waals surface area (Å²) in [6.45, 7) is 6.94. The minimum absolute atomic E-state index is 0.134. The molecule has 1 unspecified atom stereocenters. The zero-order valence-electron chi connectivity index (χ0n) is 25.4. The first kappa shape index (κ1) is 34.1. The third kappa shape index (κ3) is 10.7. The average Bonchev–Trinajstić information content (AvgIpc) is 3.61. The Kier molecular flexibility index (Phi) is 16.8. The maximum Gasteiger partial charge on any atom is 0.348 e. The lowest BCUT2D eigenvalue weighted by molar-refractivity contribution is 0.0531. The highest BCUT2D eigenvalue weighted by Crippen LogP contribution is 2.48. The van der Waals surface area contributed by atoms with Crippen molar-refractivity contribution in [2.24, 2.45) is 5.92 Å². The first-order valence-corrected chi connectivity index (χ1v) is 19.7. The molecule has 226 valence electrons. The van der Waals surface area contributed by atoms with Crippen LogP contribution in [0, 0.1) is 5.92 Å². The van der Waals surface area contributed by atoms with Gasteiger partial charge in [0.2, 0.25) is 0 Å². The molecule has 40 heavy (non-hydrogen) atoms. The zero-order chi connectivity index (χ0) is 28.6. The van der Waals surface area contributed by atoms with Gasteiger partial charge >= 0.3 is 5.97 Å². The molecule has 0 aliphatic carbocycles. The van der Waals surface area contributed by atoms with E-state index in [1.54, 1.807) is 22.7 Å². The Balaban J connectivity index is 1.53. The van der Waals surface area contributed by atoms with E-state index in [2.05, 4.69) is 35.2 Å². The monoisotopic (exact) mass is 668 g/mol. The van der Waals surface area contributed by atoms with Crippen molar-refractivity contribution < 1.29 is 9.53 Å². The van der Waals surface area contributed by atoms with Crippen molar-refractivity contribution >= 4 is 74.7 Å². The van der Waals surface area contributed by atoms with Crippen LogP contribution in [0.5, 0.6) is 0 Å². The van der Waals surface area contributed by atoms with E-state index in [9.17, 15) is 4.79 Å². The van der Waals surface area contributed by atoms with Gasteiger partial charge in [0.1, 0.15) is 4.88 Å². The molecule has 3 aromatic heterocycles. The number of halogens is 1. The van der Waals surface area contributed by atoms with Crippen LogP contribution in [0.2, 0.25) is 0 Å². The van der Waals surface area contributed by atoms with E-state index in [-0.39, 0.29) is 5.97 Å². The third-order valence-corrected chi connectivity index (χ3v) is 13.3. The molecule has 0 bridgehead atoms. The van der Waals surface area contributed by atoms with Crippen LogP contribution in [0.3, 0.4) is 0 Å². The van der Waals surface area contributed by atoms with Crippen LogP contribution in [-0.4, -0.2) is 12.6 Å². The molecule has 3 aromatic rings. The molecule has 1 atom stereocenters. The molecule has 0 N–H and O–H groups in total. The Morgan fingerprint density at radius 1 is 0.700 bits per heavy atom. The number of esters is 1. The summed E-state index contributed by atoms with van der Waals surface area (Å²) in [4.78, 5) is 13.7. The van der Waals surface area contributed by atoms with E-state index >= 15 is 0 Å². The molecule has 0 spiro atoms. The van der Waals surface area contributed by atoms with E-state index in [0.29, 0.717) is 6.61 Å². The largest absolute Gasteiger partial charge is 0.462 e. The second kappa shape index (κ2) is 19.7. The minimum Gasteiger partial charge on any atom is -0.462 e. The van der Waals surface area contributed by atoms with E-state index in [1.807, 2.05) is 18.3 Å². The summed E-state index contributed by atoms with van der Waals surface area (Å²) >= 11 is 9.00. The molecule has 0 aliphatic rings. The molecule has 0 fully saturated rings. The SMILES string of the molecule is CCCCCCCCCCC(CCCCCCCC)CCCCc1c(C(=O)OCC)sc2c1sc1c(Br)csc12. The van der Waals surface area contributed by atoms with Crippen LogP contribution >= 0.6 is 49.9 Å². The molecule has 0 saturated heterocycles. The lowest BCUT2D eigenvalue weighted by atomic mass is 9.89. The Hall–Kier alpha value is -0.430.